The van der Waals surface area contributed by atoms with Crippen molar-refractivity contribution in [3.8, 4) is 0 Å². The summed E-state index contributed by atoms with van der Waals surface area (Å²) in [7, 11) is 1.72. The van der Waals surface area contributed by atoms with Crippen LogP contribution in [0, 0.1) is 11.3 Å². The molecule has 0 saturated heterocycles. The Morgan fingerprint density at radius 1 is 1.22 bits per heavy atom. The third-order valence-corrected chi connectivity index (χ3v) is 3.95. The van der Waals surface area contributed by atoms with E-state index in [1.807, 2.05) is 13.8 Å². The predicted octanol–water partition coefficient (Wildman–Crippen LogP) is 4.31. The van der Waals surface area contributed by atoms with E-state index in [-0.39, 0.29) is 11.0 Å². The Balaban J connectivity index is 2.73. The molecule has 0 N–H and O–H groups in total. The molecule has 3 heteroatoms. The second-order valence-corrected chi connectivity index (χ2v) is 7.25. The lowest BCUT2D eigenvalue weighted by atomic mass is 9.70. The van der Waals surface area contributed by atoms with Crippen molar-refractivity contribution < 1.29 is 14.5 Å². The average molecular weight is 258 g/mol. The molecule has 1 aliphatic carbocycles. The first kappa shape index (κ1) is 15.9. The first-order valence-corrected chi connectivity index (χ1v) is 7.06. The molecule has 0 aromatic heterocycles. The molecule has 0 spiro atoms. The fraction of sp³-hybridized carbons (Fsp3) is 1.00. The average Bonchev–Trinajstić information content (AvgIpc) is 2.24. The zero-order valence-electron chi connectivity index (χ0n) is 13.1. The minimum atomic E-state index is -0.590. The molecular formula is C15H30O3. The predicted molar refractivity (Wildman–Crippen MR) is 73.1 cm³/mol. The van der Waals surface area contributed by atoms with Crippen LogP contribution in [-0.4, -0.2) is 18.5 Å². The molecular weight excluding hydrogens is 228 g/mol. The molecule has 3 nitrogen and oxygen atoms in total. The second-order valence-electron chi connectivity index (χ2n) is 7.25. The maximum atomic E-state index is 5.76. The Labute approximate surface area is 112 Å². The molecule has 0 bridgehead atoms. The molecule has 0 radical (unpaired) electrons. The second kappa shape index (κ2) is 5.48. The van der Waals surface area contributed by atoms with E-state index in [2.05, 4.69) is 27.7 Å². The minimum Gasteiger partial charge on any atom is -0.351 e. The van der Waals surface area contributed by atoms with Crippen LogP contribution >= 0.6 is 0 Å². The largest absolute Gasteiger partial charge is 0.351 e. The Bertz CT molecular complexity index is 273. The van der Waals surface area contributed by atoms with Crippen LogP contribution in [0.4, 0.5) is 0 Å². The van der Waals surface area contributed by atoms with Gasteiger partial charge in [-0.15, -0.1) is 0 Å². The fourth-order valence-electron chi connectivity index (χ4n) is 2.92. The van der Waals surface area contributed by atoms with Gasteiger partial charge in [-0.25, -0.2) is 9.78 Å². The van der Waals surface area contributed by atoms with Crippen molar-refractivity contribution >= 4 is 0 Å². The SMILES string of the molecule is CCC(C)(C)OOC1(OC)CC(C)CC(C)(C)C1. The number of hydrogen-bond donors (Lipinski definition) is 0. The number of ether oxygens (including phenoxy) is 1. The van der Waals surface area contributed by atoms with Crippen LogP contribution in [0.15, 0.2) is 0 Å². The van der Waals surface area contributed by atoms with Gasteiger partial charge in [0, 0.05) is 20.0 Å². The highest BCUT2D eigenvalue weighted by molar-refractivity contribution is 4.88. The van der Waals surface area contributed by atoms with E-state index in [0.29, 0.717) is 5.92 Å². The van der Waals surface area contributed by atoms with Crippen molar-refractivity contribution in [3.63, 3.8) is 0 Å². The van der Waals surface area contributed by atoms with Gasteiger partial charge >= 0.3 is 0 Å². The third-order valence-electron chi connectivity index (χ3n) is 3.95. The lowest BCUT2D eigenvalue weighted by Crippen LogP contribution is -2.47. The van der Waals surface area contributed by atoms with Gasteiger partial charge in [0.1, 0.15) is 0 Å². The van der Waals surface area contributed by atoms with Crippen molar-refractivity contribution in [2.24, 2.45) is 11.3 Å². The first-order valence-electron chi connectivity index (χ1n) is 7.06. The monoisotopic (exact) mass is 258 g/mol. The molecule has 1 rings (SSSR count). The van der Waals surface area contributed by atoms with Gasteiger partial charge in [0.15, 0.2) is 0 Å². The van der Waals surface area contributed by atoms with E-state index in [0.717, 1.165) is 19.3 Å². The lowest BCUT2D eigenvalue weighted by molar-refractivity contribution is -0.470. The molecule has 108 valence electrons. The highest BCUT2D eigenvalue weighted by Crippen LogP contribution is 2.46. The summed E-state index contributed by atoms with van der Waals surface area (Å²) in [5, 5.41) is 0. The van der Waals surface area contributed by atoms with Gasteiger partial charge in [-0.3, -0.25) is 0 Å². The van der Waals surface area contributed by atoms with Crippen molar-refractivity contribution in [2.45, 2.75) is 78.6 Å². The quantitative estimate of drug-likeness (QED) is 0.418. The number of methoxy groups -OCH3 is 1. The molecule has 0 aromatic carbocycles. The zero-order valence-corrected chi connectivity index (χ0v) is 13.1. The summed E-state index contributed by atoms with van der Waals surface area (Å²) in [5.41, 5.74) is -0.0379. The van der Waals surface area contributed by atoms with Crippen LogP contribution in [0.5, 0.6) is 0 Å². The Kier molecular flexibility index (Phi) is 4.85. The van der Waals surface area contributed by atoms with Crippen molar-refractivity contribution in [1.82, 2.24) is 0 Å². The maximum absolute atomic E-state index is 5.76. The highest BCUT2D eigenvalue weighted by Gasteiger charge is 2.46. The summed E-state index contributed by atoms with van der Waals surface area (Å²) in [6, 6.07) is 0. The van der Waals surface area contributed by atoms with Gasteiger partial charge in [-0.1, -0.05) is 27.7 Å². The molecule has 2 atom stereocenters. The topological polar surface area (TPSA) is 27.7 Å². The van der Waals surface area contributed by atoms with Gasteiger partial charge in [0.25, 0.3) is 0 Å². The van der Waals surface area contributed by atoms with Gasteiger partial charge in [0.2, 0.25) is 5.79 Å². The van der Waals surface area contributed by atoms with Gasteiger partial charge in [-0.05, 0) is 38.0 Å². The molecule has 0 amide bonds. The van der Waals surface area contributed by atoms with E-state index in [4.69, 9.17) is 14.5 Å². The summed E-state index contributed by atoms with van der Waals surface area (Å²) < 4.78 is 5.68. The van der Waals surface area contributed by atoms with Gasteiger partial charge in [0.05, 0.1) is 5.60 Å². The summed E-state index contributed by atoms with van der Waals surface area (Å²) in [6.45, 7) is 13.0. The summed E-state index contributed by atoms with van der Waals surface area (Å²) in [4.78, 5) is 11.4. The number of rotatable bonds is 5. The molecule has 1 fully saturated rings. The maximum Gasteiger partial charge on any atom is 0.202 e. The van der Waals surface area contributed by atoms with Gasteiger partial charge < -0.3 is 4.74 Å². The van der Waals surface area contributed by atoms with Crippen molar-refractivity contribution in [3.05, 3.63) is 0 Å². The normalized spacial score (nSPS) is 32.5. The molecule has 0 aliphatic heterocycles. The third kappa shape index (κ3) is 4.22. The van der Waals surface area contributed by atoms with Crippen LogP contribution in [0.2, 0.25) is 0 Å². The zero-order chi connectivity index (χ0) is 14.0. The van der Waals surface area contributed by atoms with E-state index >= 15 is 0 Å². The Hall–Kier alpha value is -0.120. The molecule has 1 saturated carbocycles. The van der Waals surface area contributed by atoms with E-state index in [1.165, 1.54) is 6.42 Å². The van der Waals surface area contributed by atoms with E-state index < -0.39 is 5.79 Å². The Morgan fingerprint density at radius 3 is 2.28 bits per heavy atom. The van der Waals surface area contributed by atoms with E-state index in [1.54, 1.807) is 7.11 Å². The standard InChI is InChI=1S/C15H30O3/c1-8-14(5,6)17-18-15(16-7)10-12(2)9-13(3,4)11-15/h12H,8-11H2,1-7H3. The van der Waals surface area contributed by atoms with E-state index in [9.17, 15) is 0 Å². The van der Waals surface area contributed by atoms with Crippen LogP contribution < -0.4 is 0 Å². The van der Waals surface area contributed by atoms with Crippen LogP contribution in [0.1, 0.15) is 67.2 Å². The van der Waals surface area contributed by atoms with Gasteiger partial charge in [-0.2, -0.15) is 0 Å². The molecule has 1 aliphatic rings. The highest BCUT2D eigenvalue weighted by atomic mass is 17.2. The summed E-state index contributed by atoms with van der Waals surface area (Å²) >= 11 is 0. The summed E-state index contributed by atoms with van der Waals surface area (Å²) in [6.07, 6.45) is 3.89. The van der Waals surface area contributed by atoms with Crippen molar-refractivity contribution in [1.29, 1.82) is 0 Å². The van der Waals surface area contributed by atoms with Crippen LogP contribution in [-0.2, 0) is 14.5 Å². The van der Waals surface area contributed by atoms with Crippen LogP contribution in [0.3, 0.4) is 0 Å². The minimum absolute atomic E-state index is 0.230. The van der Waals surface area contributed by atoms with Crippen LogP contribution in [0.25, 0.3) is 0 Å². The van der Waals surface area contributed by atoms with Crippen molar-refractivity contribution in [2.75, 3.05) is 7.11 Å². The Morgan fingerprint density at radius 2 is 1.83 bits per heavy atom. The first-order chi connectivity index (χ1) is 8.14. The summed E-state index contributed by atoms with van der Waals surface area (Å²) in [5.74, 6) is -0.00445. The molecule has 18 heavy (non-hydrogen) atoms. The fourth-order valence-corrected chi connectivity index (χ4v) is 2.92. The lowest BCUT2D eigenvalue weighted by Gasteiger charge is -2.46. The smallest absolute Gasteiger partial charge is 0.202 e. The number of hydrogen-bond acceptors (Lipinski definition) is 3. The molecule has 0 heterocycles. The molecule has 0 aromatic rings. The molecule has 2 unspecified atom stereocenters.